The van der Waals surface area contributed by atoms with E-state index in [0.717, 1.165) is 25.3 Å². The smallest absolute Gasteiger partial charge is 0.119 e. The third kappa shape index (κ3) is 3.95. The van der Waals surface area contributed by atoms with Crippen molar-refractivity contribution < 1.29 is 9.47 Å². The molecule has 0 amide bonds. The Bertz CT molecular complexity index is 392. The van der Waals surface area contributed by atoms with Crippen molar-refractivity contribution >= 4 is 0 Å². The summed E-state index contributed by atoms with van der Waals surface area (Å²) in [5, 5.41) is 3.68. The molecule has 0 spiro atoms. The van der Waals surface area contributed by atoms with E-state index >= 15 is 0 Å². The molecule has 1 aliphatic carbocycles. The summed E-state index contributed by atoms with van der Waals surface area (Å²) in [5.74, 6) is 0.972. The Hall–Kier alpha value is -1.06. The van der Waals surface area contributed by atoms with Gasteiger partial charge < -0.3 is 14.8 Å². The maximum Gasteiger partial charge on any atom is 0.119 e. The van der Waals surface area contributed by atoms with E-state index in [9.17, 15) is 0 Å². The van der Waals surface area contributed by atoms with Crippen molar-refractivity contribution in [3.05, 3.63) is 29.3 Å². The van der Waals surface area contributed by atoms with E-state index in [1.54, 1.807) is 14.2 Å². The summed E-state index contributed by atoms with van der Waals surface area (Å²) in [7, 11) is 3.49. The van der Waals surface area contributed by atoms with Gasteiger partial charge in [0.15, 0.2) is 0 Å². The Morgan fingerprint density at radius 2 is 2.16 bits per heavy atom. The van der Waals surface area contributed by atoms with Crippen LogP contribution < -0.4 is 10.1 Å². The fourth-order valence-electron chi connectivity index (χ4n) is 2.78. The Morgan fingerprint density at radius 1 is 1.26 bits per heavy atom. The zero-order valence-corrected chi connectivity index (χ0v) is 12.1. The van der Waals surface area contributed by atoms with Gasteiger partial charge >= 0.3 is 0 Å². The van der Waals surface area contributed by atoms with Crippen LogP contribution in [0.3, 0.4) is 0 Å². The van der Waals surface area contributed by atoms with Crippen LogP contribution in [0, 0.1) is 0 Å². The molecule has 0 bridgehead atoms. The highest BCUT2D eigenvalue weighted by molar-refractivity contribution is 5.39. The highest BCUT2D eigenvalue weighted by Crippen LogP contribution is 2.32. The Morgan fingerprint density at radius 3 is 2.95 bits per heavy atom. The molecule has 1 unspecified atom stereocenters. The van der Waals surface area contributed by atoms with Crippen molar-refractivity contribution in [3.63, 3.8) is 0 Å². The summed E-state index contributed by atoms with van der Waals surface area (Å²) in [6.45, 7) is 1.93. The minimum Gasteiger partial charge on any atom is -0.497 e. The van der Waals surface area contributed by atoms with Gasteiger partial charge in [-0.15, -0.1) is 0 Å². The largest absolute Gasteiger partial charge is 0.497 e. The number of aryl methyl sites for hydroxylation is 1. The molecule has 3 nitrogen and oxygen atoms in total. The maximum absolute atomic E-state index is 5.31. The predicted molar refractivity (Wildman–Crippen MR) is 77.8 cm³/mol. The second-order valence-electron chi connectivity index (χ2n) is 5.16. The highest BCUT2D eigenvalue weighted by atomic mass is 16.5. The Kier molecular flexibility index (Phi) is 5.67. The molecule has 1 aromatic rings. The lowest BCUT2D eigenvalue weighted by molar-refractivity contribution is 0.192. The van der Waals surface area contributed by atoms with Gasteiger partial charge in [-0.05, 0) is 61.9 Å². The van der Waals surface area contributed by atoms with Gasteiger partial charge in [-0.1, -0.05) is 6.07 Å². The van der Waals surface area contributed by atoms with Gasteiger partial charge in [0, 0.05) is 19.8 Å². The number of fused-ring (bicyclic) bond motifs is 1. The SMILES string of the molecule is COCCCCNC1CCCc2cc(OC)ccc21. The van der Waals surface area contributed by atoms with Crippen LogP contribution in [0.25, 0.3) is 0 Å². The van der Waals surface area contributed by atoms with Crippen molar-refractivity contribution in [1.82, 2.24) is 5.32 Å². The van der Waals surface area contributed by atoms with Crippen LogP contribution in [-0.2, 0) is 11.2 Å². The monoisotopic (exact) mass is 263 g/mol. The molecule has 2 rings (SSSR count). The highest BCUT2D eigenvalue weighted by Gasteiger charge is 2.19. The van der Waals surface area contributed by atoms with Crippen LogP contribution in [0.1, 0.15) is 42.9 Å². The van der Waals surface area contributed by atoms with Gasteiger partial charge in [0.25, 0.3) is 0 Å². The van der Waals surface area contributed by atoms with E-state index < -0.39 is 0 Å². The predicted octanol–water partition coefficient (Wildman–Crippen LogP) is 3.09. The average molecular weight is 263 g/mol. The standard InChI is InChI=1S/C16H25NO2/c1-18-11-4-3-10-17-16-7-5-6-13-12-14(19-2)8-9-15(13)16/h8-9,12,16-17H,3-7,10-11H2,1-2H3. The van der Waals surface area contributed by atoms with Crippen molar-refractivity contribution in [1.29, 1.82) is 0 Å². The molecule has 0 aromatic heterocycles. The van der Waals surface area contributed by atoms with Crippen molar-refractivity contribution in [2.45, 2.75) is 38.1 Å². The second-order valence-corrected chi connectivity index (χ2v) is 5.16. The first kappa shape index (κ1) is 14.4. The van der Waals surface area contributed by atoms with Crippen LogP contribution in [0.2, 0.25) is 0 Å². The third-order valence-corrected chi connectivity index (χ3v) is 3.83. The average Bonchev–Trinajstić information content (AvgIpc) is 2.46. The molecule has 0 fully saturated rings. The van der Waals surface area contributed by atoms with Crippen LogP contribution in [0.5, 0.6) is 5.75 Å². The number of nitrogens with one attached hydrogen (secondary N) is 1. The van der Waals surface area contributed by atoms with Gasteiger partial charge in [0.2, 0.25) is 0 Å². The number of hydrogen-bond donors (Lipinski definition) is 1. The lowest BCUT2D eigenvalue weighted by Gasteiger charge is -2.27. The fourth-order valence-corrected chi connectivity index (χ4v) is 2.78. The molecule has 19 heavy (non-hydrogen) atoms. The first-order valence-electron chi connectivity index (χ1n) is 7.24. The number of methoxy groups -OCH3 is 2. The van der Waals surface area contributed by atoms with Crippen molar-refractivity contribution in [2.24, 2.45) is 0 Å². The Labute approximate surface area is 116 Å². The van der Waals surface area contributed by atoms with Crippen LogP contribution in [-0.4, -0.2) is 27.4 Å². The number of benzene rings is 1. The van der Waals surface area contributed by atoms with E-state index in [1.807, 2.05) is 0 Å². The lowest BCUT2D eigenvalue weighted by Crippen LogP contribution is -2.26. The molecule has 0 saturated carbocycles. The molecule has 1 atom stereocenters. The summed E-state index contributed by atoms with van der Waals surface area (Å²) in [6, 6.07) is 7.00. The van der Waals surface area contributed by atoms with Crippen LogP contribution >= 0.6 is 0 Å². The van der Waals surface area contributed by atoms with Crippen molar-refractivity contribution in [2.75, 3.05) is 27.4 Å². The first-order chi connectivity index (χ1) is 9.35. The van der Waals surface area contributed by atoms with E-state index in [4.69, 9.17) is 9.47 Å². The van der Waals surface area contributed by atoms with Crippen molar-refractivity contribution in [3.8, 4) is 5.75 Å². The number of unbranched alkanes of at least 4 members (excludes halogenated alkanes) is 1. The number of hydrogen-bond acceptors (Lipinski definition) is 3. The zero-order valence-electron chi connectivity index (χ0n) is 12.1. The van der Waals surface area contributed by atoms with Crippen LogP contribution in [0.4, 0.5) is 0 Å². The normalized spacial score (nSPS) is 18.1. The molecule has 1 aliphatic rings. The van der Waals surface area contributed by atoms with Gasteiger partial charge in [-0.3, -0.25) is 0 Å². The first-order valence-corrected chi connectivity index (χ1v) is 7.24. The van der Waals surface area contributed by atoms with E-state index in [0.29, 0.717) is 6.04 Å². The zero-order chi connectivity index (χ0) is 13.5. The molecule has 106 valence electrons. The summed E-state index contributed by atoms with van der Waals surface area (Å²) in [5.41, 5.74) is 2.90. The quantitative estimate of drug-likeness (QED) is 0.767. The third-order valence-electron chi connectivity index (χ3n) is 3.83. The molecular formula is C16H25NO2. The molecule has 3 heteroatoms. The molecule has 0 saturated heterocycles. The van der Waals surface area contributed by atoms with Gasteiger partial charge in [-0.25, -0.2) is 0 Å². The fraction of sp³-hybridized carbons (Fsp3) is 0.625. The van der Waals surface area contributed by atoms with E-state index in [-0.39, 0.29) is 0 Å². The molecule has 0 heterocycles. The molecule has 1 N–H and O–H groups in total. The minimum absolute atomic E-state index is 0.511. The number of ether oxygens (including phenoxy) is 2. The van der Waals surface area contributed by atoms with Gasteiger partial charge in [0.1, 0.15) is 5.75 Å². The van der Waals surface area contributed by atoms with E-state index in [2.05, 4.69) is 23.5 Å². The molecule has 1 aromatic carbocycles. The molecular weight excluding hydrogens is 238 g/mol. The topological polar surface area (TPSA) is 30.5 Å². The van der Waals surface area contributed by atoms with Crippen LogP contribution in [0.15, 0.2) is 18.2 Å². The summed E-state index contributed by atoms with van der Waals surface area (Å²) >= 11 is 0. The Balaban J connectivity index is 1.90. The lowest BCUT2D eigenvalue weighted by atomic mass is 9.87. The second kappa shape index (κ2) is 7.51. The number of rotatable bonds is 7. The summed E-state index contributed by atoms with van der Waals surface area (Å²) < 4.78 is 10.4. The molecule has 0 radical (unpaired) electrons. The minimum atomic E-state index is 0.511. The van der Waals surface area contributed by atoms with Gasteiger partial charge in [0.05, 0.1) is 7.11 Å². The summed E-state index contributed by atoms with van der Waals surface area (Å²) in [4.78, 5) is 0. The molecule has 0 aliphatic heterocycles. The maximum atomic E-state index is 5.31. The van der Waals surface area contributed by atoms with Gasteiger partial charge in [-0.2, -0.15) is 0 Å². The van der Waals surface area contributed by atoms with E-state index in [1.165, 1.54) is 36.8 Å². The summed E-state index contributed by atoms with van der Waals surface area (Å²) in [6.07, 6.45) is 5.98.